The molecule has 0 heterocycles. The number of nitrogens with two attached hydrogens (primary N) is 1. The predicted molar refractivity (Wildman–Crippen MR) is 72.3 cm³/mol. The van der Waals surface area contributed by atoms with Crippen LogP contribution in [0, 0.1) is 5.92 Å². The molecule has 1 saturated carbocycles. The molecule has 1 aromatic carbocycles. The molecule has 0 aliphatic heterocycles. The minimum absolute atomic E-state index is 0.0208. The van der Waals surface area contributed by atoms with Crippen LogP contribution in [-0.2, 0) is 4.79 Å². The summed E-state index contributed by atoms with van der Waals surface area (Å²) in [5.74, 6) is 0.563. The van der Waals surface area contributed by atoms with Crippen LogP contribution in [0.2, 0.25) is 0 Å². The Kier molecular flexibility index (Phi) is 4.04. The van der Waals surface area contributed by atoms with Crippen molar-refractivity contribution in [1.82, 2.24) is 0 Å². The van der Waals surface area contributed by atoms with Crippen molar-refractivity contribution in [1.29, 1.82) is 0 Å². The van der Waals surface area contributed by atoms with Gasteiger partial charge in [0.15, 0.2) is 5.54 Å². The number of ether oxygens (including phenoxy) is 3. The van der Waals surface area contributed by atoms with E-state index >= 15 is 0 Å². The molecule has 0 amide bonds. The Hall–Kier alpha value is -1.95. The molecule has 3 N–H and O–H groups in total. The van der Waals surface area contributed by atoms with Crippen LogP contribution in [0.1, 0.15) is 12.8 Å². The minimum atomic E-state index is -1.34. The summed E-state index contributed by atoms with van der Waals surface area (Å²) in [7, 11) is 3.07. The van der Waals surface area contributed by atoms with E-state index in [-0.39, 0.29) is 12.5 Å². The molecule has 1 atom stereocenters. The molecular weight excluding hydrogens is 262 g/mol. The summed E-state index contributed by atoms with van der Waals surface area (Å²) >= 11 is 0. The van der Waals surface area contributed by atoms with Crippen LogP contribution >= 0.6 is 0 Å². The van der Waals surface area contributed by atoms with Gasteiger partial charge in [-0.1, -0.05) is 0 Å². The summed E-state index contributed by atoms with van der Waals surface area (Å²) in [6.07, 6.45) is 1.65. The minimum Gasteiger partial charge on any atom is -0.496 e. The van der Waals surface area contributed by atoms with Gasteiger partial charge in [-0.3, -0.25) is 4.79 Å². The Morgan fingerprint density at radius 3 is 2.15 bits per heavy atom. The fourth-order valence-electron chi connectivity index (χ4n) is 2.02. The SMILES string of the molecule is COc1cc(OC)cc(OCC(N)(C(=O)O)C2CC2)c1. The van der Waals surface area contributed by atoms with Crippen LogP contribution in [0.4, 0.5) is 0 Å². The van der Waals surface area contributed by atoms with Gasteiger partial charge in [0, 0.05) is 18.2 Å². The van der Waals surface area contributed by atoms with Crippen LogP contribution in [0.25, 0.3) is 0 Å². The maximum atomic E-state index is 11.3. The van der Waals surface area contributed by atoms with Gasteiger partial charge in [-0.25, -0.2) is 0 Å². The summed E-state index contributed by atoms with van der Waals surface area (Å²) in [4.78, 5) is 11.3. The smallest absolute Gasteiger partial charge is 0.327 e. The highest BCUT2D eigenvalue weighted by Gasteiger charge is 2.49. The number of carboxylic acids is 1. The molecule has 110 valence electrons. The average molecular weight is 281 g/mol. The van der Waals surface area contributed by atoms with Crippen molar-refractivity contribution in [3.63, 3.8) is 0 Å². The van der Waals surface area contributed by atoms with E-state index in [1.807, 2.05) is 0 Å². The summed E-state index contributed by atoms with van der Waals surface area (Å²) in [6.45, 7) is -0.0800. The molecule has 6 nitrogen and oxygen atoms in total. The number of carboxylic acid groups (broad SMARTS) is 1. The van der Waals surface area contributed by atoms with Crippen molar-refractivity contribution in [2.75, 3.05) is 20.8 Å². The highest BCUT2D eigenvalue weighted by Crippen LogP contribution is 2.39. The first-order valence-corrected chi connectivity index (χ1v) is 6.37. The second kappa shape index (κ2) is 5.58. The normalized spacial score (nSPS) is 17.1. The van der Waals surface area contributed by atoms with Crippen molar-refractivity contribution in [3.8, 4) is 17.2 Å². The lowest BCUT2D eigenvalue weighted by molar-refractivity contribution is -0.145. The molecule has 1 aliphatic carbocycles. The molecule has 0 saturated heterocycles. The van der Waals surface area contributed by atoms with Gasteiger partial charge < -0.3 is 25.1 Å². The Labute approximate surface area is 117 Å². The molecule has 1 unspecified atom stereocenters. The lowest BCUT2D eigenvalue weighted by Crippen LogP contribution is -2.54. The number of benzene rings is 1. The molecule has 0 spiro atoms. The van der Waals surface area contributed by atoms with E-state index in [2.05, 4.69) is 0 Å². The summed E-state index contributed by atoms with van der Waals surface area (Å²) in [5.41, 5.74) is 4.61. The van der Waals surface area contributed by atoms with Gasteiger partial charge in [-0.05, 0) is 18.8 Å². The second-order valence-electron chi connectivity index (χ2n) is 4.96. The molecule has 1 aromatic rings. The fourth-order valence-corrected chi connectivity index (χ4v) is 2.02. The van der Waals surface area contributed by atoms with Crippen molar-refractivity contribution in [2.45, 2.75) is 18.4 Å². The highest BCUT2D eigenvalue weighted by atomic mass is 16.5. The third-order valence-electron chi connectivity index (χ3n) is 3.51. The lowest BCUT2D eigenvalue weighted by Gasteiger charge is -2.24. The quantitative estimate of drug-likeness (QED) is 0.782. The molecule has 0 aromatic heterocycles. The van der Waals surface area contributed by atoms with Crippen LogP contribution < -0.4 is 19.9 Å². The molecule has 0 bridgehead atoms. The molecule has 2 rings (SSSR count). The van der Waals surface area contributed by atoms with Crippen molar-refractivity contribution in [2.24, 2.45) is 11.7 Å². The van der Waals surface area contributed by atoms with Gasteiger partial charge in [-0.2, -0.15) is 0 Å². The maximum Gasteiger partial charge on any atom is 0.327 e. The van der Waals surface area contributed by atoms with E-state index in [0.29, 0.717) is 17.2 Å². The van der Waals surface area contributed by atoms with E-state index in [9.17, 15) is 9.90 Å². The Morgan fingerprint density at radius 2 is 1.75 bits per heavy atom. The largest absolute Gasteiger partial charge is 0.496 e. The second-order valence-corrected chi connectivity index (χ2v) is 4.96. The average Bonchev–Trinajstić information content (AvgIpc) is 3.28. The maximum absolute atomic E-state index is 11.3. The van der Waals surface area contributed by atoms with Crippen LogP contribution in [0.3, 0.4) is 0 Å². The number of hydrogen-bond donors (Lipinski definition) is 2. The number of carbonyl (C=O) groups is 1. The van der Waals surface area contributed by atoms with Crippen LogP contribution in [0.15, 0.2) is 18.2 Å². The molecule has 1 fully saturated rings. The number of methoxy groups -OCH3 is 2. The van der Waals surface area contributed by atoms with Gasteiger partial charge >= 0.3 is 5.97 Å². The Morgan fingerprint density at radius 1 is 1.25 bits per heavy atom. The highest BCUT2D eigenvalue weighted by molar-refractivity contribution is 5.79. The third-order valence-corrected chi connectivity index (χ3v) is 3.51. The van der Waals surface area contributed by atoms with Gasteiger partial charge in [0.05, 0.1) is 14.2 Å². The van der Waals surface area contributed by atoms with Gasteiger partial charge in [-0.15, -0.1) is 0 Å². The van der Waals surface area contributed by atoms with Crippen LogP contribution in [-0.4, -0.2) is 37.4 Å². The lowest BCUT2D eigenvalue weighted by atomic mass is 9.96. The summed E-state index contributed by atoms with van der Waals surface area (Å²) < 4.78 is 15.8. The molecule has 1 aliphatic rings. The number of aliphatic carboxylic acids is 1. The standard InChI is InChI=1S/C14H19NO5/c1-18-10-5-11(19-2)7-12(6-10)20-8-14(15,13(16)17)9-3-4-9/h5-7,9H,3-4,8,15H2,1-2H3,(H,16,17). The number of rotatable bonds is 7. The Balaban J connectivity index is 2.11. The van der Waals surface area contributed by atoms with Crippen molar-refractivity contribution in [3.05, 3.63) is 18.2 Å². The molecule has 6 heteroatoms. The molecule has 20 heavy (non-hydrogen) atoms. The van der Waals surface area contributed by atoms with E-state index in [4.69, 9.17) is 19.9 Å². The van der Waals surface area contributed by atoms with E-state index in [0.717, 1.165) is 12.8 Å². The molecule has 0 radical (unpaired) electrons. The summed E-state index contributed by atoms with van der Waals surface area (Å²) in [6, 6.07) is 5.04. The first kappa shape index (κ1) is 14.5. The first-order valence-electron chi connectivity index (χ1n) is 6.37. The van der Waals surface area contributed by atoms with Crippen molar-refractivity contribution < 1.29 is 24.1 Å². The van der Waals surface area contributed by atoms with Gasteiger partial charge in [0.25, 0.3) is 0 Å². The van der Waals surface area contributed by atoms with E-state index in [1.54, 1.807) is 18.2 Å². The van der Waals surface area contributed by atoms with Crippen LogP contribution in [0.5, 0.6) is 17.2 Å². The topological polar surface area (TPSA) is 91.0 Å². The van der Waals surface area contributed by atoms with E-state index < -0.39 is 11.5 Å². The monoisotopic (exact) mass is 281 g/mol. The number of hydrogen-bond acceptors (Lipinski definition) is 5. The van der Waals surface area contributed by atoms with Gasteiger partial charge in [0.2, 0.25) is 0 Å². The fraction of sp³-hybridized carbons (Fsp3) is 0.500. The zero-order valence-electron chi connectivity index (χ0n) is 11.6. The van der Waals surface area contributed by atoms with Crippen molar-refractivity contribution >= 4 is 5.97 Å². The first-order chi connectivity index (χ1) is 9.49. The third kappa shape index (κ3) is 2.96. The predicted octanol–water partition coefficient (Wildman–Crippen LogP) is 1.27. The molecular formula is C14H19NO5. The Bertz CT molecular complexity index is 478. The van der Waals surface area contributed by atoms with Gasteiger partial charge in [0.1, 0.15) is 23.9 Å². The zero-order chi connectivity index (χ0) is 14.8. The zero-order valence-corrected chi connectivity index (χ0v) is 11.6. The summed E-state index contributed by atoms with van der Waals surface area (Å²) in [5, 5.41) is 9.27. The van der Waals surface area contributed by atoms with E-state index in [1.165, 1.54) is 14.2 Å².